The Morgan fingerprint density at radius 1 is 1.14 bits per heavy atom. The smallest absolute Gasteiger partial charge is 0.133 e. The van der Waals surface area contributed by atoms with Crippen LogP contribution in [0.25, 0.3) is 0 Å². The highest BCUT2D eigenvalue weighted by molar-refractivity contribution is 9.11. The molecule has 0 radical (unpaired) electrons. The van der Waals surface area contributed by atoms with E-state index in [2.05, 4.69) is 59.3 Å². The average Bonchev–Trinajstić information content (AvgIpc) is 2.51. The molecule has 108 valence electrons. The summed E-state index contributed by atoms with van der Waals surface area (Å²) in [5.74, 6) is 0.805. The first kappa shape index (κ1) is 14.7. The van der Waals surface area contributed by atoms with Crippen molar-refractivity contribution in [1.29, 1.82) is 0 Å². The van der Waals surface area contributed by atoms with Crippen molar-refractivity contribution in [1.82, 2.24) is 10.3 Å². The summed E-state index contributed by atoms with van der Waals surface area (Å²) in [4.78, 5) is 8.86. The van der Waals surface area contributed by atoms with Crippen molar-refractivity contribution in [3.63, 3.8) is 0 Å². The van der Waals surface area contributed by atoms with Crippen molar-refractivity contribution in [3.8, 4) is 0 Å². The van der Waals surface area contributed by atoms with E-state index in [0.29, 0.717) is 17.8 Å². The van der Waals surface area contributed by atoms with Crippen LogP contribution in [0.1, 0.15) is 11.6 Å². The largest absolute Gasteiger partial charge is 0.371 e. The maximum absolute atomic E-state index is 5.65. The molecule has 2 heterocycles. The van der Waals surface area contributed by atoms with Gasteiger partial charge in [0.1, 0.15) is 21.6 Å². The third-order valence-electron chi connectivity index (χ3n) is 3.12. The van der Waals surface area contributed by atoms with Crippen LogP contribution < -0.4 is 5.32 Å². The molecule has 1 fully saturated rings. The molecule has 0 bridgehead atoms. The number of hydrogen-bond donors (Lipinski definition) is 1. The van der Waals surface area contributed by atoms with E-state index >= 15 is 0 Å². The maximum Gasteiger partial charge on any atom is 0.133 e. The average molecular weight is 411 g/mol. The molecule has 1 aromatic heterocycles. The number of aliphatic imine (C=N–C) groups is 1. The lowest BCUT2D eigenvalue weighted by atomic mass is 10.1. The topological polar surface area (TPSA) is 46.5 Å². The van der Waals surface area contributed by atoms with Gasteiger partial charge < -0.3 is 10.1 Å². The van der Waals surface area contributed by atoms with E-state index in [1.54, 1.807) is 0 Å². The number of ether oxygens (including phenoxy) is 1. The van der Waals surface area contributed by atoms with E-state index in [0.717, 1.165) is 16.1 Å². The third kappa shape index (κ3) is 3.70. The van der Waals surface area contributed by atoms with E-state index in [-0.39, 0.29) is 6.04 Å². The fraction of sp³-hybridized carbons (Fsp3) is 0.200. The second kappa shape index (κ2) is 6.68. The first-order valence-corrected chi connectivity index (χ1v) is 8.10. The van der Waals surface area contributed by atoms with Crippen molar-refractivity contribution >= 4 is 43.4 Å². The summed E-state index contributed by atoms with van der Waals surface area (Å²) in [6.07, 6.45) is 0. The van der Waals surface area contributed by atoms with E-state index < -0.39 is 0 Å². The number of aromatic nitrogens is 1. The molecular weight excluding hydrogens is 398 g/mol. The van der Waals surface area contributed by atoms with Crippen LogP contribution in [0.2, 0.25) is 0 Å². The van der Waals surface area contributed by atoms with Crippen LogP contribution in [0.15, 0.2) is 56.7 Å². The molecule has 1 N–H and O–H groups in total. The van der Waals surface area contributed by atoms with E-state index in [4.69, 9.17) is 4.74 Å². The summed E-state index contributed by atoms with van der Waals surface area (Å²) in [5, 5.41) is 3.42. The second-order valence-corrected chi connectivity index (χ2v) is 6.19. The summed E-state index contributed by atoms with van der Waals surface area (Å²) in [5.41, 5.74) is 1.97. The molecule has 0 saturated carbocycles. The molecule has 0 spiro atoms. The molecule has 1 aromatic carbocycles. The van der Waals surface area contributed by atoms with Gasteiger partial charge in [0.25, 0.3) is 0 Å². The third-order valence-corrected chi connectivity index (χ3v) is 4.14. The Morgan fingerprint density at radius 2 is 1.95 bits per heavy atom. The summed E-state index contributed by atoms with van der Waals surface area (Å²) in [7, 11) is 0. The molecule has 0 unspecified atom stereocenters. The predicted molar refractivity (Wildman–Crippen MR) is 89.9 cm³/mol. The van der Waals surface area contributed by atoms with Crippen molar-refractivity contribution in [2.45, 2.75) is 6.04 Å². The molecule has 3 rings (SSSR count). The van der Waals surface area contributed by atoms with Crippen molar-refractivity contribution in [2.24, 2.45) is 4.99 Å². The fourth-order valence-corrected chi connectivity index (χ4v) is 3.08. The first-order valence-electron chi connectivity index (χ1n) is 6.51. The highest BCUT2D eigenvalue weighted by Gasteiger charge is 2.19. The molecule has 1 saturated heterocycles. The van der Waals surface area contributed by atoms with Gasteiger partial charge in [-0.05, 0) is 49.6 Å². The number of nitrogens with zero attached hydrogens (tertiary/aromatic N) is 2. The Hall–Kier alpha value is -1.24. The van der Waals surface area contributed by atoms with Gasteiger partial charge >= 0.3 is 0 Å². The van der Waals surface area contributed by atoms with Gasteiger partial charge in [-0.25, -0.2) is 9.98 Å². The molecule has 0 amide bonds. The van der Waals surface area contributed by atoms with Crippen molar-refractivity contribution in [3.05, 3.63) is 57.2 Å². The minimum absolute atomic E-state index is 0.126. The van der Waals surface area contributed by atoms with Crippen LogP contribution in [0.3, 0.4) is 0 Å². The summed E-state index contributed by atoms with van der Waals surface area (Å²) in [6, 6.07) is 14.1. The minimum atomic E-state index is 0.126. The standard InChI is InChI=1S/C15H13Br2N3O/c16-13-7-6-11(15(17)20-13)18-14-9-21-8-12(19-14)10-4-2-1-3-5-10/h1-7,12H,8-9H2,(H,18,19)/t12-/m1/s1. The van der Waals surface area contributed by atoms with Gasteiger partial charge in [0.15, 0.2) is 0 Å². The Labute approximate surface area is 139 Å². The number of pyridine rings is 1. The SMILES string of the molecule is Brc1ccc(/N=C2/COC[C@H](c3ccccc3)N2)c(Br)n1. The lowest BCUT2D eigenvalue weighted by molar-refractivity contribution is 0.128. The normalized spacial score (nSPS) is 20.3. The zero-order chi connectivity index (χ0) is 14.7. The fourth-order valence-electron chi connectivity index (χ4n) is 2.12. The molecule has 2 aromatic rings. The molecule has 21 heavy (non-hydrogen) atoms. The van der Waals surface area contributed by atoms with Crippen LogP contribution in [-0.2, 0) is 4.74 Å². The van der Waals surface area contributed by atoms with Crippen LogP contribution in [0.5, 0.6) is 0 Å². The quantitative estimate of drug-likeness (QED) is 0.761. The van der Waals surface area contributed by atoms with Gasteiger partial charge in [0, 0.05) is 0 Å². The van der Waals surface area contributed by atoms with Crippen LogP contribution in [0, 0.1) is 0 Å². The number of amidine groups is 1. The number of benzene rings is 1. The van der Waals surface area contributed by atoms with Crippen LogP contribution in [0.4, 0.5) is 5.69 Å². The Kier molecular flexibility index (Phi) is 4.67. The summed E-state index contributed by atoms with van der Waals surface area (Å²) < 4.78 is 7.12. The molecular formula is C15H13Br2N3O. The maximum atomic E-state index is 5.65. The number of morpholine rings is 1. The highest BCUT2D eigenvalue weighted by atomic mass is 79.9. The van der Waals surface area contributed by atoms with E-state index in [1.165, 1.54) is 5.56 Å². The highest BCUT2D eigenvalue weighted by Crippen LogP contribution is 2.26. The number of rotatable bonds is 2. The number of nitrogens with one attached hydrogen (secondary N) is 1. The van der Waals surface area contributed by atoms with Gasteiger partial charge in [-0.15, -0.1) is 0 Å². The molecule has 6 heteroatoms. The monoisotopic (exact) mass is 409 g/mol. The Morgan fingerprint density at radius 3 is 2.71 bits per heavy atom. The predicted octanol–water partition coefficient (Wildman–Crippen LogP) is 4.00. The van der Waals surface area contributed by atoms with Crippen molar-refractivity contribution < 1.29 is 4.74 Å². The Balaban J connectivity index is 1.81. The Bertz CT molecular complexity index is 661. The molecule has 1 aliphatic heterocycles. The lowest BCUT2D eigenvalue weighted by Gasteiger charge is -2.26. The molecule has 4 nitrogen and oxygen atoms in total. The van der Waals surface area contributed by atoms with Crippen LogP contribution in [-0.4, -0.2) is 24.0 Å². The molecule has 1 atom stereocenters. The van der Waals surface area contributed by atoms with Gasteiger partial charge in [-0.2, -0.15) is 0 Å². The van der Waals surface area contributed by atoms with E-state index in [9.17, 15) is 0 Å². The zero-order valence-electron chi connectivity index (χ0n) is 11.1. The van der Waals surface area contributed by atoms with Gasteiger partial charge in [-0.3, -0.25) is 0 Å². The summed E-state index contributed by atoms with van der Waals surface area (Å²) >= 11 is 6.75. The van der Waals surface area contributed by atoms with Crippen molar-refractivity contribution in [2.75, 3.05) is 13.2 Å². The first-order chi connectivity index (χ1) is 10.2. The number of halogens is 2. The van der Waals surface area contributed by atoms with Crippen LogP contribution >= 0.6 is 31.9 Å². The zero-order valence-corrected chi connectivity index (χ0v) is 14.3. The van der Waals surface area contributed by atoms with E-state index in [1.807, 2.05) is 30.3 Å². The van der Waals surface area contributed by atoms with Gasteiger partial charge in [0.05, 0.1) is 18.3 Å². The minimum Gasteiger partial charge on any atom is -0.371 e. The van der Waals surface area contributed by atoms with Gasteiger partial charge in [-0.1, -0.05) is 30.3 Å². The molecule has 1 aliphatic rings. The molecule has 0 aliphatic carbocycles. The number of hydrogen-bond acceptors (Lipinski definition) is 3. The second-order valence-electron chi connectivity index (χ2n) is 4.63. The lowest BCUT2D eigenvalue weighted by Crippen LogP contribution is -2.39. The van der Waals surface area contributed by atoms with Gasteiger partial charge in [0.2, 0.25) is 0 Å². The summed E-state index contributed by atoms with van der Waals surface area (Å²) in [6.45, 7) is 1.12.